The van der Waals surface area contributed by atoms with Gasteiger partial charge in [-0.1, -0.05) is 24.3 Å². The maximum atomic E-state index is 13.3. The van der Waals surface area contributed by atoms with Crippen LogP contribution in [0.1, 0.15) is 27.0 Å². The van der Waals surface area contributed by atoms with E-state index in [-0.39, 0.29) is 11.8 Å². The molecule has 0 amide bonds. The number of rotatable bonds is 5. The minimum absolute atomic E-state index is 0.207. The number of benzene rings is 2. The molecule has 0 aliphatic rings. The van der Waals surface area contributed by atoms with Gasteiger partial charge in [0.05, 0.1) is 12.7 Å². The first-order valence-electron chi connectivity index (χ1n) is 7.90. The fourth-order valence-corrected chi connectivity index (χ4v) is 2.29. The Balaban J connectivity index is 1.87. The second-order valence-electron chi connectivity index (χ2n) is 5.55. The number of carbonyl (C=O) groups is 1. The molecule has 0 saturated carbocycles. The van der Waals surface area contributed by atoms with Crippen LogP contribution < -0.4 is 10.6 Å². The van der Waals surface area contributed by atoms with Crippen LogP contribution in [-0.2, 0) is 17.8 Å². The number of hydrogen-bond donors (Lipinski definition) is 2. The summed E-state index contributed by atoms with van der Waals surface area (Å²) < 4.78 is 18.0. The number of guanidine groups is 1. The lowest BCUT2D eigenvalue weighted by Crippen LogP contribution is -2.36. The second kappa shape index (κ2) is 8.82. The molecule has 2 aromatic carbocycles. The van der Waals surface area contributed by atoms with Gasteiger partial charge in [0.15, 0.2) is 5.96 Å². The van der Waals surface area contributed by atoms with E-state index in [4.69, 9.17) is 0 Å². The number of ether oxygens (including phenoxy) is 1. The fourth-order valence-electron chi connectivity index (χ4n) is 2.29. The van der Waals surface area contributed by atoms with E-state index in [1.165, 1.54) is 13.2 Å². The third-order valence-electron chi connectivity index (χ3n) is 3.74. The molecule has 2 N–H and O–H groups in total. The van der Waals surface area contributed by atoms with Crippen molar-refractivity contribution in [3.8, 4) is 0 Å². The summed E-state index contributed by atoms with van der Waals surface area (Å²) in [4.78, 5) is 15.6. The van der Waals surface area contributed by atoms with Gasteiger partial charge >= 0.3 is 5.97 Å². The number of halogens is 1. The first kappa shape index (κ1) is 18.4. The molecule has 6 heteroatoms. The van der Waals surface area contributed by atoms with Crippen molar-refractivity contribution >= 4 is 11.9 Å². The minimum Gasteiger partial charge on any atom is -0.465 e. The number of hydrogen-bond acceptors (Lipinski definition) is 3. The quantitative estimate of drug-likeness (QED) is 0.498. The van der Waals surface area contributed by atoms with E-state index in [0.29, 0.717) is 30.2 Å². The highest BCUT2D eigenvalue weighted by molar-refractivity contribution is 5.89. The van der Waals surface area contributed by atoms with E-state index in [1.54, 1.807) is 38.2 Å². The van der Waals surface area contributed by atoms with E-state index in [1.807, 2.05) is 12.1 Å². The van der Waals surface area contributed by atoms with Gasteiger partial charge < -0.3 is 15.4 Å². The molecule has 25 heavy (non-hydrogen) atoms. The zero-order valence-corrected chi connectivity index (χ0v) is 14.6. The molecule has 0 unspecified atom stereocenters. The maximum Gasteiger partial charge on any atom is 0.337 e. The normalized spacial score (nSPS) is 11.1. The van der Waals surface area contributed by atoms with Gasteiger partial charge in [-0.2, -0.15) is 0 Å². The molecule has 0 atom stereocenters. The zero-order chi connectivity index (χ0) is 18.2. The number of esters is 1. The minimum atomic E-state index is -0.355. The van der Waals surface area contributed by atoms with Crippen LogP contribution in [0.3, 0.4) is 0 Å². The van der Waals surface area contributed by atoms with Crippen molar-refractivity contribution < 1.29 is 13.9 Å². The van der Waals surface area contributed by atoms with Gasteiger partial charge in [0, 0.05) is 20.1 Å². The van der Waals surface area contributed by atoms with Crippen LogP contribution in [0.25, 0.3) is 0 Å². The molecule has 0 saturated heterocycles. The van der Waals surface area contributed by atoms with E-state index < -0.39 is 0 Å². The van der Waals surface area contributed by atoms with Crippen molar-refractivity contribution in [2.45, 2.75) is 20.0 Å². The Hall–Kier alpha value is -2.89. The van der Waals surface area contributed by atoms with Crippen LogP contribution in [0.2, 0.25) is 0 Å². The summed E-state index contributed by atoms with van der Waals surface area (Å²) in [6, 6.07) is 12.2. The molecule has 0 heterocycles. The Morgan fingerprint density at radius 3 is 2.24 bits per heavy atom. The molecule has 0 spiro atoms. The number of aryl methyl sites for hydroxylation is 1. The van der Waals surface area contributed by atoms with Gasteiger partial charge in [-0.3, -0.25) is 4.99 Å². The average molecular weight is 343 g/mol. The smallest absolute Gasteiger partial charge is 0.337 e. The number of carbonyl (C=O) groups excluding carboxylic acids is 1. The van der Waals surface area contributed by atoms with Gasteiger partial charge in [0.1, 0.15) is 5.82 Å². The summed E-state index contributed by atoms with van der Waals surface area (Å²) >= 11 is 0. The molecular formula is C19H22FN3O2. The Kier molecular flexibility index (Phi) is 6.51. The van der Waals surface area contributed by atoms with Gasteiger partial charge in [0.2, 0.25) is 0 Å². The van der Waals surface area contributed by atoms with Crippen molar-refractivity contribution in [1.29, 1.82) is 0 Å². The topological polar surface area (TPSA) is 62.7 Å². The highest BCUT2D eigenvalue weighted by Gasteiger charge is 2.05. The number of methoxy groups -OCH3 is 1. The van der Waals surface area contributed by atoms with Crippen molar-refractivity contribution in [3.05, 3.63) is 70.5 Å². The molecule has 0 aliphatic carbocycles. The second-order valence-corrected chi connectivity index (χ2v) is 5.55. The van der Waals surface area contributed by atoms with Gasteiger partial charge in [-0.05, 0) is 41.8 Å². The van der Waals surface area contributed by atoms with Crippen LogP contribution in [0, 0.1) is 12.7 Å². The van der Waals surface area contributed by atoms with Crippen molar-refractivity contribution in [2.24, 2.45) is 4.99 Å². The summed E-state index contributed by atoms with van der Waals surface area (Å²) in [5.41, 5.74) is 3.12. The summed E-state index contributed by atoms with van der Waals surface area (Å²) in [5, 5.41) is 6.38. The van der Waals surface area contributed by atoms with Crippen molar-refractivity contribution in [1.82, 2.24) is 10.6 Å². The summed E-state index contributed by atoms with van der Waals surface area (Å²) in [7, 11) is 3.04. The lowest BCUT2D eigenvalue weighted by Gasteiger charge is -2.12. The Labute approximate surface area is 146 Å². The molecule has 0 fully saturated rings. The van der Waals surface area contributed by atoms with Gasteiger partial charge in [0.25, 0.3) is 0 Å². The molecule has 2 rings (SSSR count). The first-order valence-corrected chi connectivity index (χ1v) is 7.90. The van der Waals surface area contributed by atoms with E-state index in [9.17, 15) is 9.18 Å². The fraction of sp³-hybridized carbons (Fsp3) is 0.263. The van der Waals surface area contributed by atoms with Crippen LogP contribution in [-0.4, -0.2) is 26.1 Å². The molecular weight excluding hydrogens is 321 g/mol. The van der Waals surface area contributed by atoms with E-state index in [2.05, 4.69) is 20.4 Å². The standard InChI is InChI=1S/C19H22FN3O2/c1-13-10-15(6-9-17(13)20)12-23-19(21-2)22-11-14-4-7-16(8-5-14)18(24)25-3/h4-10H,11-12H2,1-3H3,(H2,21,22,23). The van der Waals surface area contributed by atoms with E-state index in [0.717, 1.165) is 11.1 Å². The molecule has 0 aliphatic heterocycles. The molecule has 0 radical (unpaired) electrons. The number of nitrogens with one attached hydrogen (secondary N) is 2. The number of nitrogens with zero attached hydrogens (tertiary/aromatic N) is 1. The number of aliphatic imine (C=N–C) groups is 1. The zero-order valence-electron chi connectivity index (χ0n) is 14.6. The first-order chi connectivity index (χ1) is 12.0. The monoisotopic (exact) mass is 343 g/mol. The molecule has 132 valence electrons. The lowest BCUT2D eigenvalue weighted by molar-refractivity contribution is 0.0600. The predicted molar refractivity (Wildman–Crippen MR) is 96.0 cm³/mol. The Morgan fingerprint density at radius 1 is 1.08 bits per heavy atom. The van der Waals surface area contributed by atoms with Gasteiger partial charge in [-0.15, -0.1) is 0 Å². The van der Waals surface area contributed by atoms with Crippen LogP contribution >= 0.6 is 0 Å². The third-order valence-corrected chi connectivity index (χ3v) is 3.74. The van der Waals surface area contributed by atoms with E-state index >= 15 is 0 Å². The summed E-state index contributed by atoms with van der Waals surface area (Å²) in [5.74, 6) is 0.0762. The average Bonchev–Trinajstić information content (AvgIpc) is 2.64. The van der Waals surface area contributed by atoms with Crippen LogP contribution in [0.4, 0.5) is 4.39 Å². The molecule has 5 nitrogen and oxygen atoms in total. The molecule has 0 bridgehead atoms. The highest BCUT2D eigenvalue weighted by atomic mass is 19.1. The molecule has 2 aromatic rings. The summed E-state index contributed by atoms with van der Waals surface area (Å²) in [6.45, 7) is 2.84. The maximum absolute atomic E-state index is 13.3. The Bertz CT molecular complexity index is 758. The lowest BCUT2D eigenvalue weighted by atomic mass is 10.1. The Morgan fingerprint density at radius 2 is 1.68 bits per heavy atom. The SMILES string of the molecule is CN=C(NCc1ccc(C(=O)OC)cc1)NCc1ccc(F)c(C)c1. The van der Waals surface area contributed by atoms with Gasteiger partial charge in [-0.25, -0.2) is 9.18 Å². The molecule has 0 aromatic heterocycles. The highest BCUT2D eigenvalue weighted by Crippen LogP contribution is 2.09. The van der Waals surface area contributed by atoms with Crippen molar-refractivity contribution in [2.75, 3.05) is 14.2 Å². The summed E-state index contributed by atoms with van der Waals surface area (Å²) in [6.07, 6.45) is 0. The van der Waals surface area contributed by atoms with Crippen LogP contribution in [0.5, 0.6) is 0 Å². The third kappa shape index (κ3) is 5.31. The van der Waals surface area contributed by atoms with Crippen LogP contribution in [0.15, 0.2) is 47.5 Å². The predicted octanol–water partition coefficient (Wildman–Crippen LogP) is 2.79. The van der Waals surface area contributed by atoms with Crippen molar-refractivity contribution in [3.63, 3.8) is 0 Å². The largest absolute Gasteiger partial charge is 0.465 e.